The number of nitrogens with one attached hydrogen (secondary N) is 1. The van der Waals surface area contributed by atoms with Gasteiger partial charge in [-0.05, 0) is 19.8 Å². The Morgan fingerprint density at radius 3 is 2.12 bits per heavy atom. The number of carbonyl (C=O) groups is 2. The molecule has 1 aromatic carbocycles. The number of nitro groups is 1. The van der Waals surface area contributed by atoms with Gasteiger partial charge in [0, 0.05) is 23.0 Å². The predicted molar refractivity (Wildman–Crippen MR) is 114 cm³/mol. The van der Waals surface area contributed by atoms with Gasteiger partial charge in [0.25, 0.3) is 10.8 Å². The first-order chi connectivity index (χ1) is 15.5. The maximum atomic E-state index is 13.0. The molecule has 0 bridgehead atoms. The van der Waals surface area contributed by atoms with E-state index in [1.54, 1.807) is 19.9 Å². The second-order valence-corrected chi connectivity index (χ2v) is 7.64. The highest BCUT2D eigenvalue weighted by atomic mass is 17.0. The quantitative estimate of drug-likeness (QED) is 0.236. The van der Waals surface area contributed by atoms with Gasteiger partial charge in [-0.2, -0.15) is 0 Å². The van der Waals surface area contributed by atoms with Crippen molar-refractivity contribution in [1.82, 2.24) is 5.32 Å². The largest absolute Gasteiger partial charge is 0.462 e. The summed E-state index contributed by atoms with van der Waals surface area (Å²) in [5.74, 6) is -2.75. The SMILES string of the molecule is CC1=C(C(=O)OCCO[N+](=O)[O-])C(c2ccccc2[N+](=O)[O-])C(C(=O)OCC(C)C)=C(C)N1. The Morgan fingerprint density at radius 1 is 1.00 bits per heavy atom. The van der Waals surface area contributed by atoms with Gasteiger partial charge in [0.1, 0.15) is 13.2 Å². The summed E-state index contributed by atoms with van der Waals surface area (Å²) in [5, 5.41) is 23.9. The van der Waals surface area contributed by atoms with Gasteiger partial charge >= 0.3 is 11.9 Å². The van der Waals surface area contributed by atoms with Gasteiger partial charge in [-0.15, -0.1) is 10.1 Å². The van der Waals surface area contributed by atoms with Gasteiger partial charge in [-0.3, -0.25) is 10.1 Å². The molecule has 0 saturated heterocycles. The molecule has 0 radical (unpaired) electrons. The van der Waals surface area contributed by atoms with Crippen molar-refractivity contribution in [3.05, 3.63) is 72.6 Å². The number of allylic oxidation sites excluding steroid dienone is 2. The number of carbonyl (C=O) groups excluding carboxylic acids is 2. The van der Waals surface area contributed by atoms with E-state index in [2.05, 4.69) is 10.2 Å². The molecular formula is C21H25N3O9. The summed E-state index contributed by atoms with van der Waals surface area (Å²) in [5.41, 5.74) is 0.485. The first kappa shape index (κ1) is 25.3. The summed E-state index contributed by atoms with van der Waals surface area (Å²) in [6.07, 6.45) is 0. The molecule has 0 amide bonds. The maximum Gasteiger partial charge on any atom is 0.336 e. The van der Waals surface area contributed by atoms with Crippen LogP contribution in [0.1, 0.15) is 39.2 Å². The molecule has 1 aliphatic rings. The number of nitrogens with zero attached hydrogens (tertiary/aromatic N) is 2. The minimum absolute atomic E-state index is 0.0315. The van der Waals surface area contributed by atoms with Crippen molar-refractivity contribution in [3.63, 3.8) is 0 Å². The highest BCUT2D eigenvalue weighted by molar-refractivity contribution is 6.00. The highest BCUT2D eigenvalue weighted by Gasteiger charge is 2.40. The summed E-state index contributed by atoms with van der Waals surface area (Å²) in [7, 11) is 0. The lowest BCUT2D eigenvalue weighted by atomic mass is 9.79. The average Bonchev–Trinajstić information content (AvgIpc) is 2.74. The molecular weight excluding hydrogens is 438 g/mol. The van der Waals surface area contributed by atoms with Crippen molar-refractivity contribution in [2.45, 2.75) is 33.6 Å². The lowest BCUT2D eigenvalue weighted by Crippen LogP contribution is -2.33. The third-order valence-electron chi connectivity index (χ3n) is 4.71. The van der Waals surface area contributed by atoms with Gasteiger partial charge in [-0.25, -0.2) is 9.59 Å². The van der Waals surface area contributed by atoms with Crippen molar-refractivity contribution in [2.24, 2.45) is 5.92 Å². The normalized spacial score (nSPS) is 15.7. The summed E-state index contributed by atoms with van der Waals surface area (Å²) >= 11 is 0. The third kappa shape index (κ3) is 6.28. The van der Waals surface area contributed by atoms with Crippen LogP contribution in [0.2, 0.25) is 0 Å². The van der Waals surface area contributed by atoms with E-state index < -0.39 is 41.1 Å². The van der Waals surface area contributed by atoms with Gasteiger partial charge in [0.05, 0.1) is 28.6 Å². The maximum absolute atomic E-state index is 13.0. The predicted octanol–water partition coefficient (Wildman–Crippen LogP) is 2.78. The topological polar surface area (TPSA) is 160 Å². The summed E-state index contributed by atoms with van der Waals surface area (Å²) in [4.78, 5) is 51.5. The number of ether oxygens (including phenoxy) is 2. The van der Waals surface area contributed by atoms with Crippen molar-refractivity contribution in [1.29, 1.82) is 0 Å². The second-order valence-electron chi connectivity index (χ2n) is 7.64. The van der Waals surface area contributed by atoms with Crippen LogP contribution in [0.3, 0.4) is 0 Å². The van der Waals surface area contributed by atoms with Crippen molar-refractivity contribution < 1.29 is 33.9 Å². The number of benzene rings is 1. The molecule has 12 nitrogen and oxygen atoms in total. The number of rotatable bonds is 10. The molecule has 0 aliphatic carbocycles. The minimum Gasteiger partial charge on any atom is -0.462 e. The molecule has 12 heteroatoms. The number of nitro benzene ring substituents is 1. The Hall–Kier alpha value is -3.96. The fourth-order valence-corrected chi connectivity index (χ4v) is 3.39. The third-order valence-corrected chi connectivity index (χ3v) is 4.71. The van der Waals surface area contributed by atoms with Crippen LogP contribution in [-0.4, -0.2) is 41.8 Å². The molecule has 1 aliphatic heterocycles. The highest BCUT2D eigenvalue weighted by Crippen LogP contribution is 2.42. The lowest BCUT2D eigenvalue weighted by Gasteiger charge is -2.30. The number of esters is 2. The average molecular weight is 463 g/mol. The first-order valence-electron chi connectivity index (χ1n) is 10.1. The van der Waals surface area contributed by atoms with Crippen LogP contribution < -0.4 is 5.32 Å². The van der Waals surface area contributed by atoms with Crippen LogP contribution in [0.25, 0.3) is 0 Å². The fraction of sp³-hybridized carbons (Fsp3) is 0.429. The number of para-hydroxylation sites is 1. The van der Waals surface area contributed by atoms with Gasteiger partial charge < -0.3 is 19.6 Å². The Kier molecular flexibility index (Phi) is 8.49. The van der Waals surface area contributed by atoms with E-state index in [4.69, 9.17) is 9.47 Å². The van der Waals surface area contributed by atoms with Crippen LogP contribution in [0, 0.1) is 26.1 Å². The van der Waals surface area contributed by atoms with Crippen LogP contribution in [-0.2, 0) is 23.9 Å². The van der Waals surface area contributed by atoms with E-state index in [-0.39, 0.29) is 34.9 Å². The van der Waals surface area contributed by atoms with Crippen molar-refractivity contribution >= 4 is 17.6 Å². The molecule has 178 valence electrons. The fourth-order valence-electron chi connectivity index (χ4n) is 3.39. The Balaban J connectivity index is 2.54. The van der Waals surface area contributed by atoms with Crippen molar-refractivity contribution in [3.8, 4) is 0 Å². The summed E-state index contributed by atoms with van der Waals surface area (Å²) < 4.78 is 10.5. The smallest absolute Gasteiger partial charge is 0.336 e. The van der Waals surface area contributed by atoms with Gasteiger partial charge in [-0.1, -0.05) is 32.0 Å². The van der Waals surface area contributed by atoms with Gasteiger partial charge in [0.2, 0.25) is 0 Å². The van der Waals surface area contributed by atoms with E-state index in [0.29, 0.717) is 11.4 Å². The van der Waals surface area contributed by atoms with E-state index >= 15 is 0 Å². The number of hydrogen-bond donors (Lipinski definition) is 1. The lowest BCUT2D eigenvalue weighted by molar-refractivity contribution is -0.757. The van der Waals surface area contributed by atoms with Crippen LogP contribution in [0.15, 0.2) is 46.8 Å². The van der Waals surface area contributed by atoms with Crippen molar-refractivity contribution in [2.75, 3.05) is 19.8 Å². The van der Waals surface area contributed by atoms with Crippen LogP contribution >= 0.6 is 0 Å². The Bertz CT molecular complexity index is 1010. The molecule has 0 spiro atoms. The minimum atomic E-state index is -1.16. The Labute approximate surface area is 189 Å². The molecule has 1 atom stereocenters. The standard InChI is InChI=1S/C21H25N3O9/c1-12(2)11-32-21(26)18-14(4)22-13(3)17(20(25)31-9-10-33-24(29)30)19(18)15-7-5-6-8-16(15)23(27)28/h5-8,12,19,22H,9-11H2,1-4H3. The Morgan fingerprint density at radius 2 is 1.58 bits per heavy atom. The monoisotopic (exact) mass is 463 g/mol. The molecule has 1 N–H and O–H groups in total. The van der Waals surface area contributed by atoms with E-state index in [1.807, 2.05) is 13.8 Å². The van der Waals surface area contributed by atoms with Gasteiger partial charge in [0.15, 0.2) is 0 Å². The van der Waals surface area contributed by atoms with E-state index in [1.165, 1.54) is 18.2 Å². The second kappa shape index (κ2) is 11.1. The zero-order valence-electron chi connectivity index (χ0n) is 18.7. The number of dihydropyridines is 1. The molecule has 1 aromatic rings. The molecule has 0 saturated carbocycles. The zero-order chi connectivity index (χ0) is 24.7. The molecule has 1 heterocycles. The number of hydrogen-bond acceptors (Lipinski definition) is 10. The molecule has 0 fully saturated rings. The summed E-state index contributed by atoms with van der Waals surface area (Å²) in [6.45, 7) is 6.05. The van der Waals surface area contributed by atoms with E-state index in [9.17, 15) is 29.8 Å². The first-order valence-corrected chi connectivity index (χ1v) is 10.1. The van der Waals surface area contributed by atoms with Crippen LogP contribution in [0.5, 0.6) is 0 Å². The molecule has 1 unspecified atom stereocenters. The van der Waals surface area contributed by atoms with Crippen LogP contribution in [0.4, 0.5) is 5.69 Å². The van der Waals surface area contributed by atoms with E-state index in [0.717, 1.165) is 0 Å². The molecule has 33 heavy (non-hydrogen) atoms. The molecule has 2 rings (SSSR count). The summed E-state index contributed by atoms with van der Waals surface area (Å²) in [6, 6.07) is 5.75. The molecule has 0 aromatic heterocycles. The zero-order valence-corrected chi connectivity index (χ0v) is 18.7.